The minimum Gasteiger partial charge on any atom is -0.465 e. The van der Waals surface area contributed by atoms with Gasteiger partial charge in [0, 0.05) is 25.3 Å². The van der Waals surface area contributed by atoms with Gasteiger partial charge in [-0.1, -0.05) is 0 Å². The predicted molar refractivity (Wildman–Crippen MR) is 72.3 cm³/mol. The average Bonchev–Trinajstić information content (AvgIpc) is 2.89. The van der Waals surface area contributed by atoms with Gasteiger partial charge in [-0.05, 0) is 6.07 Å². The van der Waals surface area contributed by atoms with E-state index >= 15 is 0 Å². The van der Waals surface area contributed by atoms with E-state index in [1.165, 1.54) is 19.3 Å². The fraction of sp³-hybridized carbons (Fsp3) is 0.308. The van der Waals surface area contributed by atoms with Crippen LogP contribution in [0.3, 0.4) is 0 Å². The van der Waals surface area contributed by atoms with Gasteiger partial charge < -0.3 is 14.8 Å². The van der Waals surface area contributed by atoms with E-state index in [1.54, 1.807) is 7.11 Å². The van der Waals surface area contributed by atoms with E-state index in [9.17, 15) is 14.4 Å². The number of hydrogen-bond donors (Lipinski definition) is 1. The Morgan fingerprint density at radius 2 is 2.10 bits per heavy atom. The first-order valence-corrected chi connectivity index (χ1v) is 6.65. The maximum Gasteiger partial charge on any atom is 0.348 e. The first-order chi connectivity index (χ1) is 9.58. The van der Waals surface area contributed by atoms with E-state index in [0.29, 0.717) is 13.2 Å². The minimum atomic E-state index is -0.557. The molecule has 7 heteroatoms. The zero-order valence-electron chi connectivity index (χ0n) is 11.0. The summed E-state index contributed by atoms with van der Waals surface area (Å²) in [7, 11) is 2.80. The second kappa shape index (κ2) is 5.98. The summed E-state index contributed by atoms with van der Waals surface area (Å²) in [6.07, 6.45) is 1.25. The van der Waals surface area contributed by atoms with Crippen molar-refractivity contribution in [3.63, 3.8) is 0 Å². The van der Waals surface area contributed by atoms with Gasteiger partial charge in [0.25, 0.3) is 0 Å². The van der Waals surface area contributed by atoms with Crippen LogP contribution in [-0.4, -0.2) is 44.9 Å². The summed E-state index contributed by atoms with van der Waals surface area (Å²) in [6, 6.07) is 1.40. The van der Waals surface area contributed by atoms with Gasteiger partial charge in [0.1, 0.15) is 4.88 Å². The molecular formula is C13H13NO5S. The minimum absolute atomic E-state index is 0.216. The summed E-state index contributed by atoms with van der Waals surface area (Å²) in [4.78, 5) is 36.1. The summed E-state index contributed by atoms with van der Waals surface area (Å²) in [5.74, 6) is -1.15. The van der Waals surface area contributed by atoms with E-state index in [4.69, 9.17) is 4.74 Å². The lowest BCUT2D eigenvalue weighted by molar-refractivity contribution is 0.0606. The number of esters is 1. The van der Waals surface area contributed by atoms with Gasteiger partial charge in [0.2, 0.25) is 5.78 Å². The molecule has 0 unspecified atom stereocenters. The lowest BCUT2D eigenvalue weighted by Gasteiger charge is -2.13. The fourth-order valence-electron chi connectivity index (χ4n) is 1.77. The predicted octanol–water partition coefficient (Wildman–Crippen LogP) is 1.03. The second-order valence-electron chi connectivity index (χ2n) is 4.02. The summed E-state index contributed by atoms with van der Waals surface area (Å²) in [5, 5.41) is 2.85. The average molecular weight is 295 g/mol. The molecular weight excluding hydrogens is 282 g/mol. The van der Waals surface area contributed by atoms with Crippen LogP contribution in [-0.2, 0) is 9.47 Å². The second-order valence-corrected chi connectivity index (χ2v) is 5.07. The number of ketones is 2. The Balaban J connectivity index is 2.26. The molecule has 1 aliphatic rings. The Morgan fingerprint density at radius 1 is 1.35 bits per heavy atom. The number of carbonyl (C=O) groups excluding carboxylic acids is 3. The summed E-state index contributed by atoms with van der Waals surface area (Å²) < 4.78 is 9.46. The number of allylic oxidation sites excluding steroid dienone is 2. The van der Waals surface area contributed by atoms with Crippen molar-refractivity contribution in [2.24, 2.45) is 0 Å². The topological polar surface area (TPSA) is 81.7 Å². The van der Waals surface area contributed by atoms with Gasteiger partial charge in [-0.3, -0.25) is 9.59 Å². The third-order valence-corrected chi connectivity index (χ3v) is 3.86. The molecule has 0 radical (unpaired) electrons. The number of rotatable bonds is 5. The lowest BCUT2D eigenvalue weighted by atomic mass is 10.00. The van der Waals surface area contributed by atoms with E-state index < -0.39 is 5.97 Å². The maximum atomic E-state index is 12.2. The van der Waals surface area contributed by atoms with Crippen LogP contribution in [0.25, 0.3) is 0 Å². The van der Waals surface area contributed by atoms with E-state index in [-0.39, 0.29) is 32.6 Å². The van der Waals surface area contributed by atoms with Crippen LogP contribution < -0.4 is 5.32 Å². The van der Waals surface area contributed by atoms with Gasteiger partial charge in [-0.15, -0.1) is 11.3 Å². The van der Waals surface area contributed by atoms with Gasteiger partial charge in [0.15, 0.2) is 5.78 Å². The number of fused-ring (bicyclic) bond motifs is 1. The largest absolute Gasteiger partial charge is 0.465 e. The summed E-state index contributed by atoms with van der Waals surface area (Å²) in [6.45, 7) is 0.841. The number of hydrogen-bond acceptors (Lipinski definition) is 7. The number of nitrogens with one attached hydrogen (secondary N) is 1. The SMILES string of the molecule is COCCNC1=CC(=O)c2sc(C(=O)OC)cc2C1=O. The molecule has 0 saturated heterocycles. The maximum absolute atomic E-state index is 12.2. The molecule has 0 aliphatic heterocycles. The van der Waals surface area contributed by atoms with Crippen LogP contribution in [0.4, 0.5) is 0 Å². The van der Waals surface area contributed by atoms with Crippen molar-refractivity contribution in [2.75, 3.05) is 27.4 Å². The van der Waals surface area contributed by atoms with Crippen LogP contribution in [0, 0.1) is 0 Å². The van der Waals surface area contributed by atoms with Crippen molar-refractivity contribution in [1.82, 2.24) is 5.32 Å². The Labute approximate surface area is 119 Å². The zero-order chi connectivity index (χ0) is 14.7. The Bertz CT molecular complexity index is 602. The van der Waals surface area contributed by atoms with Crippen LogP contribution >= 0.6 is 11.3 Å². The van der Waals surface area contributed by atoms with Crippen molar-refractivity contribution < 1.29 is 23.9 Å². The first-order valence-electron chi connectivity index (χ1n) is 5.84. The third kappa shape index (κ3) is 2.63. The number of carbonyl (C=O) groups is 3. The monoisotopic (exact) mass is 295 g/mol. The number of thiophene rings is 1. The molecule has 0 atom stereocenters. The van der Waals surface area contributed by atoms with Crippen LogP contribution in [0.15, 0.2) is 17.8 Å². The molecule has 0 amide bonds. The van der Waals surface area contributed by atoms with Crippen molar-refractivity contribution in [2.45, 2.75) is 0 Å². The lowest BCUT2D eigenvalue weighted by Crippen LogP contribution is -2.28. The standard InChI is InChI=1S/C13H13NO5S/c1-18-4-3-14-8-6-9(15)12-7(11(8)16)5-10(20-12)13(17)19-2/h5-6,14H,3-4H2,1-2H3. The molecule has 0 spiro atoms. The van der Waals surface area contributed by atoms with Gasteiger partial charge in [-0.2, -0.15) is 0 Å². The Morgan fingerprint density at radius 3 is 2.75 bits per heavy atom. The number of ether oxygens (including phenoxy) is 2. The van der Waals surface area contributed by atoms with Gasteiger partial charge >= 0.3 is 5.97 Å². The fourth-order valence-corrected chi connectivity index (χ4v) is 2.75. The molecule has 0 saturated carbocycles. The molecule has 1 aliphatic carbocycles. The number of methoxy groups -OCH3 is 2. The van der Waals surface area contributed by atoms with Crippen molar-refractivity contribution in [3.8, 4) is 0 Å². The van der Waals surface area contributed by atoms with E-state index in [2.05, 4.69) is 10.1 Å². The van der Waals surface area contributed by atoms with Gasteiger partial charge in [-0.25, -0.2) is 4.79 Å². The van der Waals surface area contributed by atoms with Crippen LogP contribution in [0.1, 0.15) is 29.7 Å². The number of Topliss-reactive ketones (excluding diaryl/α,β-unsaturated/α-hetero) is 1. The van der Waals surface area contributed by atoms with Crippen LogP contribution in [0.5, 0.6) is 0 Å². The quantitative estimate of drug-likeness (QED) is 0.645. The van der Waals surface area contributed by atoms with Gasteiger partial charge in [0.05, 0.1) is 24.3 Å². The molecule has 0 bridgehead atoms. The normalized spacial score (nSPS) is 13.8. The molecule has 0 aromatic carbocycles. The van der Waals surface area contributed by atoms with Crippen molar-refractivity contribution >= 4 is 28.9 Å². The summed E-state index contributed by atoms with van der Waals surface area (Å²) >= 11 is 0.968. The Hall–Kier alpha value is -1.99. The Kier molecular flexibility index (Phi) is 4.31. The highest BCUT2D eigenvalue weighted by molar-refractivity contribution is 7.16. The highest BCUT2D eigenvalue weighted by atomic mass is 32.1. The molecule has 1 heterocycles. The first kappa shape index (κ1) is 14.4. The molecule has 1 aromatic rings. The molecule has 6 nitrogen and oxygen atoms in total. The molecule has 0 fully saturated rings. The van der Waals surface area contributed by atoms with E-state index in [1.807, 2.05) is 0 Å². The van der Waals surface area contributed by atoms with Crippen LogP contribution in [0.2, 0.25) is 0 Å². The molecule has 20 heavy (non-hydrogen) atoms. The smallest absolute Gasteiger partial charge is 0.348 e. The third-order valence-electron chi connectivity index (χ3n) is 2.73. The highest BCUT2D eigenvalue weighted by Gasteiger charge is 2.29. The van der Waals surface area contributed by atoms with Crippen molar-refractivity contribution in [3.05, 3.63) is 33.2 Å². The van der Waals surface area contributed by atoms with E-state index in [0.717, 1.165) is 11.3 Å². The highest BCUT2D eigenvalue weighted by Crippen LogP contribution is 2.29. The molecule has 1 N–H and O–H groups in total. The molecule has 1 aromatic heterocycles. The van der Waals surface area contributed by atoms with Crippen molar-refractivity contribution in [1.29, 1.82) is 0 Å². The zero-order valence-corrected chi connectivity index (χ0v) is 11.8. The molecule has 106 valence electrons. The molecule has 2 rings (SSSR count). The summed E-state index contributed by atoms with van der Waals surface area (Å²) in [5.41, 5.74) is 0.455.